The molecule has 2 heterocycles. The number of hydrogen-bond acceptors (Lipinski definition) is 6. The molecule has 1 unspecified atom stereocenters. The van der Waals surface area contributed by atoms with Gasteiger partial charge in [0.15, 0.2) is 5.65 Å². The van der Waals surface area contributed by atoms with Gasteiger partial charge in [-0.15, -0.1) is 0 Å². The SMILES string of the molecule is CC(C)(C)OC(=O)N[C@H](c1cn2ncc(C(NC[C@@H](N)CC(F)(F)F)C3CC3)cc2n1)C1CCC(F)(F)CC1. The fraction of sp³-hybridized carbons (Fsp3) is 0.731. The van der Waals surface area contributed by atoms with Crippen LogP contribution in [0.25, 0.3) is 5.65 Å². The first-order chi connectivity index (χ1) is 18.1. The van der Waals surface area contributed by atoms with Crippen LogP contribution in [0.5, 0.6) is 0 Å². The Morgan fingerprint density at radius 1 is 1.15 bits per heavy atom. The molecule has 2 aliphatic carbocycles. The lowest BCUT2D eigenvalue weighted by Gasteiger charge is -2.33. The Morgan fingerprint density at radius 3 is 2.38 bits per heavy atom. The Bertz CT molecular complexity index is 1130. The van der Waals surface area contributed by atoms with Crippen LogP contribution >= 0.6 is 0 Å². The predicted octanol–water partition coefficient (Wildman–Crippen LogP) is 5.44. The highest BCUT2D eigenvalue weighted by molar-refractivity contribution is 5.68. The molecule has 2 saturated carbocycles. The number of alkyl halides is 5. The first-order valence-electron chi connectivity index (χ1n) is 13.4. The van der Waals surface area contributed by atoms with Crippen LogP contribution in [0, 0.1) is 11.8 Å². The third-order valence-corrected chi connectivity index (χ3v) is 7.13. The molecule has 2 aliphatic rings. The summed E-state index contributed by atoms with van der Waals surface area (Å²) in [7, 11) is 0. The van der Waals surface area contributed by atoms with E-state index < -0.39 is 42.3 Å². The number of ether oxygens (including phenoxy) is 1. The average molecular weight is 561 g/mol. The minimum absolute atomic E-state index is 0.000254. The second-order valence-electron chi connectivity index (χ2n) is 11.9. The molecule has 0 spiro atoms. The van der Waals surface area contributed by atoms with Crippen LogP contribution in [0.3, 0.4) is 0 Å². The van der Waals surface area contributed by atoms with Crippen molar-refractivity contribution in [3.63, 3.8) is 0 Å². The second-order valence-corrected chi connectivity index (χ2v) is 11.9. The largest absolute Gasteiger partial charge is 0.444 e. The smallest absolute Gasteiger partial charge is 0.408 e. The number of aromatic nitrogens is 3. The number of fused-ring (bicyclic) bond motifs is 1. The van der Waals surface area contributed by atoms with E-state index in [0.29, 0.717) is 11.3 Å². The maximum atomic E-state index is 13.9. The van der Waals surface area contributed by atoms with Crippen LogP contribution in [0.4, 0.5) is 26.7 Å². The minimum Gasteiger partial charge on any atom is -0.444 e. The van der Waals surface area contributed by atoms with Gasteiger partial charge in [0.1, 0.15) is 5.60 Å². The molecule has 0 bridgehead atoms. The van der Waals surface area contributed by atoms with Crippen molar-refractivity contribution >= 4 is 11.7 Å². The molecule has 13 heteroatoms. The second kappa shape index (κ2) is 11.1. The van der Waals surface area contributed by atoms with E-state index in [1.54, 1.807) is 43.7 Å². The minimum atomic E-state index is -4.33. The van der Waals surface area contributed by atoms with Gasteiger partial charge in [0.05, 0.1) is 30.6 Å². The molecule has 4 N–H and O–H groups in total. The number of nitrogens with zero attached hydrogens (tertiary/aromatic N) is 3. The molecular formula is C26H37F5N6O2. The molecule has 0 aromatic carbocycles. The van der Waals surface area contributed by atoms with Gasteiger partial charge in [-0.05, 0) is 69.9 Å². The van der Waals surface area contributed by atoms with E-state index in [4.69, 9.17) is 10.5 Å². The molecule has 3 atom stereocenters. The summed E-state index contributed by atoms with van der Waals surface area (Å²) >= 11 is 0. The van der Waals surface area contributed by atoms with Crippen molar-refractivity contribution in [2.24, 2.45) is 17.6 Å². The number of rotatable bonds is 9. The van der Waals surface area contributed by atoms with Gasteiger partial charge in [0.25, 0.3) is 0 Å². The third-order valence-electron chi connectivity index (χ3n) is 7.13. The summed E-state index contributed by atoms with van der Waals surface area (Å²) in [6.07, 6.45) is -1.01. The first-order valence-corrected chi connectivity index (χ1v) is 13.4. The number of nitrogens with one attached hydrogen (secondary N) is 2. The Labute approximate surface area is 224 Å². The summed E-state index contributed by atoms with van der Waals surface area (Å²) in [4.78, 5) is 17.3. The lowest BCUT2D eigenvalue weighted by Crippen LogP contribution is -2.40. The normalized spacial score (nSPS) is 20.9. The molecule has 1 amide bonds. The summed E-state index contributed by atoms with van der Waals surface area (Å²) in [5.74, 6) is -2.74. The number of alkyl carbamates (subject to hydrolysis) is 1. The fourth-order valence-corrected chi connectivity index (χ4v) is 5.13. The molecule has 2 aromatic heterocycles. The number of hydrogen-bond donors (Lipinski definition) is 3. The van der Waals surface area contributed by atoms with E-state index in [1.165, 1.54) is 0 Å². The molecule has 39 heavy (non-hydrogen) atoms. The highest BCUT2D eigenvalue weighted by Crippen LogP contribution is 2.42. The number of carbonyl (C=O) groups is 1. The maximum Gasteiger partial charge on any atom is 0.408 e. The van der Waals surface area contributed by atoms with E-state index >= 15 is 0 Å². The number of nitrogens with two attached hydrogens (primary N) is 1. The molecule has 2 aromatic rings. The summed E-state index contributed by atoms with van der Waals surface area (Å²) in [5, 5.41) is 10.5. The van der Waals surface area contributed by atoms with Gasteiger partial charge in [-0.3, -0.25) is 0 Å². The topological polar surface area (TPSA) is 107 Å². The van der Waals surface area contributed by atoms with E-state index in [9.17, 15) is 26.7 Å². The number of amides is 1. The van der Waals surface area contributed by atoms with Crippen molar-refractivity contribution in [3.8, 4) is 0 Å². The van der Waals surface area contributed by atoms with Crippen molar-refractivity contribution in [2.45, 2.75) is 102 Å². The van der Waals surface area contributed by atoms with Crippen LogP contribution in [0.2, 0.25) is 0 Å². The number of carbonyl (C=O) groups excluding carboxylic acids is 1. The Hall–Kier alpha value is -2.54. The van der Waals surface area contributed by atoms with Crippen molar-refractivity contribution in [1.29, 1.82) is 0 Å². The average Bonchev–Trinajstić information content (AvgIpc) is 3.53. The Morgan fingerprint density at radius 2 is 1.79 bits per heavy atom. The standard InChI is InChI=1S/C26H37F5N6O2/c1-24(2,3)39-23(38)36-22(16-6-8-25(27,28)9-7-16)19-14-37-20(35-19)10-17(12-34-37)21(15-4-5-15)33-13-18(32)11-26(29,30)31/h10,12,14-16,18,21-22,33H,4-9,11,13,32H2,1-3H3,(H,36,38)/t18-,21?,22-/m0/s1. The van der Waals surface area contributed by atoms with E-state index in [1.807, 2.05) is 0 Å². The quantitative estimate of drug-likeness (QED) is 0.353. The van der Waals surface area contributed by atoms with Gasteiger partial charge < -0.3 is 21.1 Å². The molecule has 0 saturated heterocycles. The van der Waals surface area contributed by atoms with E-state index in [2.05, 4.69) is 20.7 Å². The van der Waals surface area contributed by atoms with E-state index in [0.717, 1.165) is 18.4 Å². The first kappa shape index (κ1) is 29.4. The fourth-order valence-electron chi connectivity index (χ4n) is 5.13. The number of imidazole rings is 1. The van der Waals surface area contributed by atoms with Gasteiger partial charge in [0.2, 0.25) is 5.92 Å². The van der Waals surface area contributed by atoms with Crippen LogP contribution in [-0.2, 0) is 4.74 Å². The van der Waals surface area contributed by atoms with Gasteiger partial charge in [-0.25, -0.2) is 23.1 Å². The van der Waals surface area contributed by atoms with Crippen LogP contribution in [0.1, 0.15) is 89.1 Å². The maximum absolute atomic E-state index is 13.9. The molecule has 218 valence electrons. The van der Waals surface area contributed by atoms with Gasteiger partial charge >= 0.3 is 12.3 Å². The summed E-state index contributed by atoms with van der Waals surface area (Å²) in [6.45, 7) is 5.21. The van der Waals surface area contributed by atoms with Crippen molar-refractivity contribution in [2.75, 3.05) is 6.54 Å². The summed E-state index contributed by atoms with van der Waals surface area (Å²) < 4.78 is 72.8. The monoisotopic (exact) mass is 560 g/mol. The highest BCUT2D eigenvalue weighted by atomic mass is 19.4. The Kier molecular flexibility index (Phi) is 8.42. The zero-order valence-electron chi connectivity index (χ0n) is 22.4. The third kappa shape index (κ3) is 8.47. The molecule has 4 rings (SSSR count). The predicted molar refractivity (Wildman–Crippen MR) is 134 cm³/mol. The van der Waals surface area contributed by atoms with Crippen molar-refractivity contribution in [3.05, 3.63) is 29.7 Å². The molecule has 2 fully saturated rings. The van der Waals surface area contributed by atoms with Gasteiger partial charge in [-0.2, -0.15) is 18.3 Å². The van der Waals surface area contributed by atoms with Crippen molar-refractivity contribution < 1.29 is 31.5 Å². The van der Waals surface area contributed by atoms with Crippen molar-refractivity contribution in [1.82, 2.24) is 25.2 Å². The lowest BCUT2D eigenvalue weighted by molar-refractivity contribution is -0.138. The molecule has 0 aliphatic heterocycles. The Balaban J connectivity index is 1.55. The highest BCUT2D eigenvalue weighted by Gasteiger charge is 2.40. The summed E-state index contributed by atoms with van der Waals surface area (Å²) in [6, 6.07) is -0.137. The van der Waals surface area contributed by atoms with Crippen LogP contribution in [-0.4, -0.2) is 51.0 Å². The van der Waals surface area contributed by atoms with Crippen LogP contribution in [0.15, 0.2) is 18.5 Å². The number of halogens is 5. The molecule has 0 radical (unpaired) electrons. The molecular weight excluding hydrogens is 523 g/mol. The van der Waals surface area contributed by atoms with Gasteiger partial charge in [0, 0.05) is 31.5 Å². The lowest BCUT2D eigenvalue weighted by atomic mass is 9.81. The zero-order chi connectivity index (χ0) is 28.6. The van der Waals surface area contributed by atoms with E-state index in [-0.39, 0.29) is 50.1 Å². The molecule has 8 nitrogen and oxygen atoms in total. The zero-order valence-corrected chi connectivity index (χ0v) is 22.4. The summed E-state index contributed by atoms with van der Waals surface area (Å²) in [5.41, 5.74) is 6.68. The van der Waals surface area contributed by atoms with Gasteiger partial charge in [-0.1, -0.05) is 0 Å². The van der Waals surface area contributed by atoms with Crippen LogP contribution < -0.4 is 16.4 Å².